The predicted octanol–water partition coefficient (Wildman–Crippen LogP) is 5.29. The van der Waals surface area contributed by atoms with Gasteiger partial charge in [-0.1, -0.05) is 36.9 Å². The number of halogens is 1. The van der Waals surface area contributed by atoms with E-state index >= 15 is 0 Å². The topological polar surface area (TPSA) is 69.0 Å². The van der Waals surface area contributed by atoms with E-state index in [1.807, 2.05) is 36.4 Å². The molecule has 36 heavy (non-hydrogen) atoms. The number of methoxy groups -OCH3 is 1. The van der Waals surface area contributed by atoms with Gasteiger partial charge in [-0.25, -0.2) is 4.39 Å². The van der Waals surface area contributed by atoms with E-state index in [0.717, 1.165) is 22.9 Å². The number of fused-ring (bicyclic) bond motifs is 2. The van der Waals surface area contributed by atoms with Gasteiger partial charge in [-0.3, -0.25) is 9.59 Å². The zero-order valence-electron chi connectivity index (χ0n) is 19.7. The molecule has 1 aliphatic rings. The first kappa shape index (κ1) is 23.4. The molecule has 0 spiro atoms. The summed E-state index contributed by atoms with van der Waals surface area (Å²) in [5.74, 6) is 0.453. The van der Waals surface area contributed by atoms with E-state index in [1.165, 1.54) is 12.1 Å². The summed E-state index contributed by atoms with van der Waals surface area (Å²) in [6, 6.07) is 17.9. The second kappa shape index (κ2) is 9.70. The number of hydrogen-bond donors (Lipinski definition) is 0. The fourth-order valence-electron chi connectivity index (χ4n) is 4.51. The molecule has 7 heteroatoms. The number of hydrogen-bond acceptors (Lipinski definition) is 5. The largest absolute Gasteiger partial charge is 0.497 e. The van der Waals surface area contributed by atoms with Crippen LogP contribution in [-0.4, -0.2) is 31.1 Å². The van der Waals surface area contributed by atoms with Crippen molar-refractivity contribution in [3.8, 4) is 11.5 Å². The molecule has 2 heterocycles. The lowest BCUT2D eigenvalue weighted by atomic mass is 9.98. The van der Waals surface area contributed by atoms with Crippen molar-refractivity contribution in [2.75, 3.05) is 20.3 Å². The van der Waals surface area contributed by atoms with Gasteiger partial charge in [-0.05, 0) is 60.0 Å². The van der Waals surface area contributed by atoms with Crippen LogP contribution in [0.5, 0.6) is 11.5 Å². The van der Waals surface area contributed by atoms with Gasteiger partial charge in [-0.15, -0.1) is 0 Å². The first-order chi connectivity index (χ1) is 17.5. The van der Waals surface area contributed by atoms with Crippen molar-refractivity contribution in [1.29, 1.82) is 0 Å². The number of ether oxygens (including phenoxy) is 2. The SMILES string of the molecule is C=CCOc1ccc([C@@H]2c3c(oc4ccc(F)cc4c3=O)C(=O)N2CCc2ccc(OC)cc2)cc1. The molecule has 0 saturated heterocycles. The lowest BCUT2D eigenvalue weighted by molar-refractivity contribution is 0.0730. The summed E-state index contributed by atoms with van der Waals surface area (Å²) < 4.78 is 30.6. The Morgan fingerprint density at radius 1 is 1.03 bits per heavy atom. The molecule has 1 aliphatic heterocycles. The van der Waals surface area contributed by atoms with Crippen molar-refractivity contribution < 1.29 is 23.1 Å². The van der Waals surface area contributed by atoms with Crippen molar-refractivity contribution in [2.24, 2.45) is 0 Å². The highest BCUT2D eigenvalue weighted by Crippen LogP contribution is 2.38. The molecule has 1 atom stereocenters. The van der Waals surface area contributed by atoms with Crippen molar-refractivity contribution in [2.45, 2.75) is 12.5 Å². The van der Waals surface area contributed by atoms with Crippen LogP contribution < -0.4 is 14.9 Å². The average Bonchev–Trinajstić information content (AvgIpc) is 3.18. The van der Waals surface area contributed by atoms with E-state index in [0.29, 0.717) is 25.3 Å². The Labute approximate surface area is 207 Å². The van der Waals surface area contributed by atoms with Gasteiger partial charge in [0.1, 0.15) is 29.5 Å². The predicted molar refractivity (Wildman–Crippen MR) is 134 cm³/mol. The summed E-state index contributed by atoms with van der Waals surface area (Å²) in [6.07, 6.45) is 2.21. The number of carbonyl (C=O) groups excluding carboxylic acids is 1. The Balaban J connectivity index is 1.56. The summed E-state index contributed by atoms with van der Waals surface area (Å²) in [6.45, 7) is 4.35. The Morgan fingerprint density at radius 2 is 1.75 bits per heavy atom. The second-order valence-electron chi connectivity index (χ2n) is 8.48. The monoisotopic (exact) mass is 485 g/mol. The number of benzene rings is 3. The minimum atomic E-state index is -0.678. The van der Waals surface area contributed by atoms with E-state index in [-0.39, 0.29) is 28.2 Å². The van der Waals surface area contributed by atoms with Crippen LogP contribution in [0.3, 0.4) is 0 Å². The Hall–Kier alpha value is -4.39. The molecule has 0 N–H and O–H groups in total. The molecule has 0 unspecified atom stereocenters. The van der Waals surface area contributed by atoms with E-state index in [4.69, 9.17) is 13.9 Å². The second-order valence-corrected chi connectivity index (χ2v) is 8.48. The lowest BCUT2D eigenvalue weighted by Gasteiger charge is -2.25. The number of nitrogens with zero attached hydrogens (tertiary/aromatic N) is 1. The molecule has 0 bridgehead atoms. The van der Waals surface area contributed by atoms with Gasteiger partial charge in [0.25, 0.3) is 5.91 Å². The van der Waals surface area contributed by atoms with Crippen LogP contribution in [0.15, 0.2) is 88.6 Å². The first-order valence-corrected chi connectivity index (χ1v) is 11.5. The molecule has 0 fully saturated rings. The van der Waals surface area contributed by atoms with Crippen LogP contribution in [0.2, 0.25) is 0 Å². The Kier molecular flexibility index (Phi) is 6.29. The molecule has 4 aromatic rings. The zero-order chi connectivity index (χ0) is 25.2. The number of carbonyl (C=O) groups is 1. The third kappa shape index (κ3) is 4.24. The minimum absolute atomic E-state index is 0.00850. The van der Waals surface area contributed by atoms with Crippen molar-refractivity contribution in [1.82, 2.24) is 4.90 Å². The lowest BCUT2D eigenvalue weighted by Crippen LogP contribution is -2.31. The third-order valence-corrected chi connectivity index (χ3v) is 6.29. The molecule has 1 amide bonds. The van der Waals surface area contributed by atoms with Crippen molar-refractivity contribution in [3.63, 3.8) is 0 Å². The maximum atomic E-state index is 14.0. The summed E-state index contributed by atoms with van der Waals surface area (Å²) >= 11 is 0. The standard InChI is InChI=1S/C29H24FNO5/c1-3-16-35-22-11-6-19(7-12-22)26-25-27(32)23-17-20(30)8-13-24(23)36-28(25)29(33)31(26)15-14-18-4-9-21(34-2)10-5-18/h3-13,17,26H,1,14-16H2,2H3/t26-/m1/s1. The van der Waals surface area contributed by atoms with Gasteiger partial charge < -0.3 is 18.8 Å². The van der Waals surface area contributed by atoms with Gasteiger partial charge >= 0.3 is 0 Å². The van der Waals surface area contributed by atoms with Gasteiger partial charge in [0.15, 0.2) is 5.43 Å². The van der Waals surface area contributed by atoms with Crippen LogP contribution >= 0.6 is 0 Å². The molecular formula is C29H24FNO5. The van der Waals surface area contributed by atoms with E-state index in [1.54, 1.807) is 30.2 Å². The van der Waals surface area contributed by atoms with Crippen molar-refractivity contribution >= 4 is 16.9 Å². The van der Waals surface area contributed by atoms with Crippen LogP contribution in [0.25, 0.3) is 11.0 Å². The Morgan fingerprint density at radius 3 is 2.44 bits per heavy atom. The average molecular weight is 486 g/mol. The van der Waals surface area contributed by atoms with Gasteiger partial charge in [0.2, 0.25) is 5.76 Å². The van der Waals surface area contributed by atoms with Gasteiger partial charge in [-0.2, -0.15) is 0 Å². The van der Waals surface area contributed by atoms with Crippen LogP contribution in [0.1, 0.15) is 33.3 Å². The minimum Gasteiger partial charge on any atom is -0.497 e. The number of rotatable bonds is 8. The number of amides is 1. The molecular weight excluding hydrogens is 461 g/mol. The van der Waals surface area contributed by atoms with E-state index in [2.05, 4.69) is 6.58 Å². The molecule has 0 aliphatic carbocycles. The summed E-state index contributed by atoms with van der Waals surface area (Å²) in [7, 11) is 1.60. The summed E-state index contributed by atoms with van der Waals surface area (Å²) in [4.78, 5) is 28.7. The maximum absolute atomic E-state index is 14.0. The highest BCUT2D eigenvalue weighted by Gasteiger charge is 2.42. The van der Waals surface area contributed by atoms with Gasteiger partial charge in [0, 0.05) is 6.54 Å². The van der Waals surface area contributed by atoms with Crippen LogP contribution in [-0.2, 0) is 6.42 Å². The van der Waals surface area contributed by atoms with E-state index in [9.17, 15) is 14.0 Å². The highest BCUT2D eigenvalue weighted by molar-refractivity contribution is 5.99. The fourth-order valence-corrected chi connectivity index (χ4v) is 4.51. The van der Waals surface area contributed by atoms with Gasteiger partial charge in [0.05, 0.1) is 24.1 Å². The zero-order valence-corrected chi connectivity index (χ0v) is 19.7. The molecule has 0 saturated carbocycles. The van der Waals surface area contributed by atoms with Crippen LogP contribution in [0.4, 0.5) is 4.39 Å². The van der Waals surface area contributed by atoms with Crippen molar-refractivity contribution in [3.05, 3.63) is 118 Å². The summed E-state index contributed by atoms with van der Waals surface area (Å²) in [5.41, 5.74) is 1.72. The molecule has 0 radical (unpaired) electrons. The molecule has 6 nitrogen and oxygen atoms in total. The Bertz CT molecular complexity index is 1490. The molecule has 182 valence electrons. The smallest absolute Gasteiger partial charge is 0.290 e. The molecule has 3 aromatic carbocycles. The fraction of sp³-hybridized carbons (Fsp3) is 0.172. The molecule has 1 aromatic heterocycles. The maximum Gasteiger partial charge on any atom is 0.290 e. The quantitative estimate of drug-likeness (QED) is 0.317. The third-order valence-electron chi connectivity index (χ3n) is 6.29. The first-order valence-electron chi connectivity index (χ1n) is 11.5. The normalized spacial score (nSPS) is 14.7. The van der Waals surface area contributed by atoms with Crippen LogP contribution in [0, 0.1) is 5.82 Å². The summed E-state index contributed by atoms with van der Waals surface area (Å²) in [5, 5.41) is 0.106. The molecule has 5 rings (SSSR count). The highest BCUT2D eigenvalue weighted by atomic mass is 19.1. The van der Waals surface area contributed by atoms with E-state index < -0.39 is 17.3 Å².